The molecule has 1 fully saturated rings. The van der Waals surface area contributed by atoms with E-state index in [1.807, 2.05) is 36.3 Å². The van der Waals surface area contributed by atoms with E-state index in [1.165, 1.54) is 0 Å². The summed E-state index contributed by atoms with van der Waals surface area (Å²) in [6, 6.07) is 3.96. The number of thioether (sulfide) groups is 1. The highest BCUT2D eigenvalue weighted by molar-refractivity contribution is 7.99. The van der Waals surface area contributed by atoms with Crippen molar-refractivity contribution in [3.05, 3.63) is 34.4 Å². The van der Waals surface area contributed by atoms with Crippen molar-refractivity contribution in [2.75, 3.05) is 29.5 Å². The highest BCUT2D eigenvalue weighted by Gasteiger charge is 2.21. The molecule has 0 unspecified atom stereocenters. The molecule has 3 aromatic heterocycles. The van der Waals surface area contributed by atoms with Crippen LogP contribution >= 0.6 is 23.1 Å². The summed E-state index contributed by atoms with van der Waals surface area (Å²) in [6.07, 6.45) is 1.78. The number of anilines is 1. The molecule has 0 radical (unpaired) electrons. The van der Waals surface area contributed by atoms with E-state index in [9.17, 15) is 4.79 Å². The summed E-state index contributed by atoms with van der Waals surface area (Å²) in [5, 5.41) is 10.1. The Morgan fingerprint density at radius 1 is 1.32 bits per heavy atom. The summed E-state index contributed by atoms with van der Waals surface area (Å²) in [5.41, 5.74) is 0.685. The first-order chi connectivity index (χ1) is 12.2. The van der Waals surface area contributed by atoms with Gasteiger partial charge in [-0.05, 0) is 11.4 Å². The zero-order valence-electron chi connectivity index (χ0n) is 13.8. The Morgan fingerprint density at radius 3 is 2.92 bits per heavy atom. The van der Waals surface area contributed by atoms with E-state index in [0.717, 1.165) is 40.7 Å². The van der Waals surface area contributed by atoms with Gasteiger partial charge in [0, 0.05) is 36.5 Å². The van der Waals surface area contributed by atoms with Crippen molar-refractivity contribution in [3.8, 4) is 0 Å². The largest absolute Gasteiger partial charge is 0.354 e. The summed E-state index contributed by atoms with van der Waals surface area (Å²) in [7, 11) is 1.83. The molecule has 1 saturated heterocycles. The van der Waals surface area contributed by atoms with Gasteiger partial charge in [-0.25, -0.2) is 9.97 Å². The maximum absolute atomic E-state index is 12.6. The van der Waals surface area contributed by atoms with Crippen LogP contribution in [0.15, 0.2) is 23.7 Å². The number of hydrogen-bond donors (Lipinski definition) is 1. The van der Waals surface area contributed by atoms with Gasteiger partial charge in [0.1, 0.15) is 5.82 Å². The van der Waals surface area contributed by atoms with Gasteiger partial charge < -0.3 is 10.2 Å². The first-order valence-electron chi connectivity index (χ1n) is 8.05. The number of carbonyl (C=O) groups is 1. The lowest BCUT2D eigenvalue weighted by atomic mass is 10.3. The van der Waals surface area contributed by atoms with Crippen LogP contribution in [-0.2, 0) is 13.6 Å². The second kappa shape index (κ2) is 7.01. The molecule has 0 aromatic carbocycles. The molecule has 25 heavy (non-hydrogen) atoms. The van der Waals surface area contributed by atoms with Crippen LogP contribution in [0.25, 0.3) is 11.0 Å². The molecule has 1 aliphatic heterocycles. The molecule has 4 rings (SSSR count). The van der Waals surface area contributed by atoms with Crippen LogP contribution in [0.2, 0.25) is 0 Å². The highest BCUT2D eigenvalue weighted by Crippen LogP contribution is 2.25. The highest BCUT2D eigenvalue weighted by atomic mass is 32.2. The monoisotopic (exact) mass is 374 g/mol. The number of nitrogens with one attached hydrogen (secondary N) is 1. The van der Waals surface area contributed by atoms with Gasteiger partial charge >= 0.3 is 0 Å². The molecule has 1 aliphatic rings. The summed E-state index contributed by atoms with van der Waals surface area (Å²) in [5.74, 6) is 2.86. The minimum absolute atomic E-state index is 0.195. The summed E-state index contributed by atoms with van der Waals surface area (Å²) >= 11 is 3.55. The van der Waals surface area contributed by atoms with Gasteiger partial charge in [0.25, 0.3) is 5.91 Å². The molecule has 1 N–H and O–H groups in total. The molecule has 0 spiro atoms. The molecule has 0 bridgehead atoms. The Bertz CT molecular complexity index is 886. The molecule has 3 aromatic rings. The Labute approximate surface area is 153 Å². The van der Waals surface area contributed by atoms with Crippen molar-refractivity contribution >= 4 is 45.9 Å². The third-order valence-electron chi connectivity index (χ3n) is 4.09. The minimum atomic E-state index is -0.260. The van der Waals surface area contributed by atoms with Crippen LogP contribution in [0.5, 0.6) is 0 Å². The lowest BCUT2D eigenvalue weighted by Gasteiger charge is -2.27. The fourth-order valence-electron chi connectivity index (χ4n) is 2.78. The van der Waals surface area contributed by atoms with Gasteiger partial charge in [0.2, 0.25) is 5.82 Å². The molecule has 9 heteroatoms. The average molecular weight is 374 g/mol. The minimum Gasteiger partial charge on any atom is -0.354 e. The quantitative estimate of drug-likeness (QED) is 0.752. The molecule has 4 heterocycles. The second-order valence-corrected chi connectivity index (χ2v) is 7.99. The molecular formula is C16H18N6OS2. The zero-order chi connectivity index (χ0) is 17.2. The number of hydrogen-bond acceptors (Lipinski definition) is 7. The molecule has 130 valence electrons. The van der Waals surface area contributed by atoms with Gasteiger partial charge in [-0.15, -0.1) is 11.3 Å². The molecule has 0 saturated carbocycles. The second-order valence-electron chi connectivity index (χ2n) is 5.74. The summed E-state index contributed by atoms with van der Waals surface area (Å²) in [4.78, 5) is 24.9. The smallest absolute Gasteiger partial charge is 0.289 e. The number of carbonyl (C=O) groups excluding carboxylic acids is 1. The van der Waals surface area contributed by atoms with Gasteiger partial charge in [-0.3, -0.25) is 9.48 Å². The molecule has 0 atom stereocenters. The number of thiophene rings is 1. The van der Waals surface area contributed by atoms with E-state index in [2.05, 4.69) is 25.3 Å². The Morgan fingerprint density at radius 2 is 2.16 bits per heavy atom. The number of nitrogens with zero attached hydrogens (tertiary/aromatic N) is 5. The van der Waals surface area contributed by atoms with Crippen molar-refractivity contribution in [1.82, 2.24) is 25.1 Å². The number of rotatable bonds is 4. The van der Waals surface area contributed by atoms with Crippen LogP contribution in [0.4, 0.5) is 5.82 Å². The SMILES string of the molecule is Cn1ncc2c(N3CCSCC3)nc(C(=O)NCc3cccs3)nc21. The van der Waals surface area contributed by atoms with Crippen LogP contribution in [-0.4, -0.2) is 50.3 Å². The lowest BCUT2D eigenvalue weighted by Crippen LogP contribution is -2.34. The summed E-state index contributed by atoms with van der Waals surface area (Å²) < 4.78 is 1.69. The predicted molar refractivity (Wildman–Crippen MR) is 101 cm³/mol. The Kier molecular flexibility index (Phi) is 4.58. The van der Waals surface area contributed by atoms with Gasteiger partial charge in [0.05, 0.1) is 18.1 Å². The van der Waals surface area contributed by atoms with Crippen LogP contribution < -0.4 is 10.2 Å². The first-order valence-corrected chi connectivity index (χ1v) is 10.1. The molecular weight excluding hydrogens is 356 g/mol. The first kappa shape index (κ1) is 16.3. The maximum atomic E-state index is 12.6. The zero-order valence-corrected chi connectivity index (χ0v) is 15.4. The Hall–Kier alpha value is -2.13. The van der Waals surface area contributed by atoms with Gasteiger partial charge in [-0.1, -0.05) is 6.07 Å². The summed E-state index contributed by atoms with van der Waals surface area (Å²) in [6.45, 7) is 2.32. The van der Waals surface area contributed by atoms with Gasteiger partial charge in [0.15, 0.2) is 5.65 Å². The maximum Gasteiger partial charge on any atom is 0.289 e. The normalized spacial score (nSPS) is 14.8. The van der Waals surface area contributed by atoms with E-state index in [1.54, 1.807) is 22.2 Å². The van der Waals surface area contributed by atoms with E-state index in [4.69, 9.17) is 0 Å². The molecule has 1 amide bonds. The molecule has 7 nitrogen and oxygen atoms in total. The topological polar surface area (TPSA) is 75.9 Å². The van der Waals surface area contributed by atoms with Crippen LogP contribution in [0.3, 0.4) is 0 Å². The molecule has 0 aliphatic carbocycles. The third-order valence-corrected chi connectivity index (χ3v) is 5.91. The Balaban J connectivity index is 1.66. The van der Waals surface area contributed by atoms with E-state index in [-0.39, 0.29) is 11.7 Å². The average Bonchev–Trinajstić information content (AvgIpc) is 3.30. The van der Waals surface area contributed by atoms with Crippen molar-refractivity contribution < 1.29 is 4.79 Å². The fraction of sp³-hybridized carbons (Fsp3) is 0.375. The number of aryl methyl sites for hydroxylation is 1. The van der Waals surface area contributed by atoms with E-state index < -0.39 is 0 Å². The van der Waals surface area contributed by atoms with E-state index in [0.29, 0.717) is 12.2 Å². The fourth-order valence-corrected chi connectivity index (χ4v) is 4.33. The van der Waals surface area contributed by atoms with Crippen molar-refractivity contribution in [2.24, 2.45) is 7.05 Å². The standard InChI is InChI=1S/C16H18N6OS2/c1-21-14-12(10-18-21)15(22-4-7-24-8-5-22)20-13(19-14)16(23)17-9-11-3-2-6-25-11/h2-3,6,10H,4-5,7-9H2,1H3,(H,17,23). The number of aromatic nitrogens is 4. The van der Waals surface area contributed by atoms with Crippen molar-refractivity contribution in [2.45, 2.75) is 6.54 Å². The van der Waals surface area contributed by atoms with Crippen LogP contribution in [0.1, 0.15) is 15.5 Å². The predicted octanol–water partition coefficient (Wildman–Crippen LogP) is 1.91. The van der Waals surface area contributed by atoms with Gasteiger partial charge in [-0.2, -0.15) is 16.9 Å². The number of amides is 1. The van der Waals surface area contributed by atoms with Crippen LogP contribution in [0, 0.1) is 0 Å². The number of fused-ring (bicyclic) bond motifs is 1. The third kappa shape index (κ3) is 3.34. The van der Waals surface area contributed by atoms with Crippen molar-refractivity contribution in [1.29, 1.82) is 0 Å². The van der Waals surface area contributed by atoms with Crippen molar-refractivity contribution in [3.63, 3.8) is 0 Å². The lowest BCUT2D eigenvalue weighted by molar-refractivity contribution is 0.0941. The van der Waals surface area contributed by atoms with E-state index >= 15 is 0 Å².